The van der Waals surface area contributed by atoms with Gasteiger partial charge < -0.3 is 20.3 Å². The first-order chi connectivity index (χ1) is 10.2. The topological polar surface area (TPSA) is 62.3 Å². The van der Waals surface area contributed by atoms with Gasteiger partial charge in [0.25, 0.3) is 0 Å². The molecule has 0 atom stereocenters. The minimum Gasteiger partial charge on any atom is -0.378 e. The van der Waals surface area contributed by atoms with Crippen molar-refractivity contribution in [3.8, 4) is 0 Å². The highest BCUT2D eigenvalue weighted by atomic mass is 16.5. The predicted octanol–water partition coefficient (Wildman–Crippen LogP) is 1.85. The third-order valence-corrected chi connectivity index (χ3v) is 3.01. The molecule has 1 aromatic heterocycles. The first-order valence-electron chi connectivity index (χ1n) is 7.73. The van der Waals surface area contributed by atoms with Crippen LogP contribution in [0, 0.1) is 0 Å². The van der Waals surface area contributed by atoms with E-state index in [1.54, 1.807) is 6.33 Å². The molecule has 0 saturated carbocycles. The number of hydrogen-bond acceptors (Lipinski definition) is 6. The van der Waals surface area contributed by atoms with Crippen molar-refractivity contribution in [1.82, 2.24) is 14.9 Å². The lowest BCUT2D eigenvalue weighted by Crippen LogP contribution is -2.20. The quantitative estimate of drug-likeness (QED) is 0.608. The van der Waals surface area contributed by atoms with Crippen LogP contribution in [-0.2, 0) is 11.2 Å². The van der Waals surface area contributed by atoms with E-state index in [2.05, 4.69) is 39.3 Å². The van der Waals surface area contributed by atoms with Gasteiger partial charge in [-0.25, -0.2) is 9.97 Å². The van der Waals surface area contributed by atoms with Gasteiger partial charge in [0.1, 0.15) is 18.0 Å². The summed E-state index contributed by atoms with van der Waals surface area (Å²) in [4.78, 5) is 10.8. The number of hydrogen-bond donors (Lipinski definition) is 2. The Morgan fingerprint density at radius 3 is 2.43 bits per heavy atom. The Hall–Kier alpha value is -1.40. The largest absolute Gasteiger partial charge is 0.378 e. The Morgan fingerprint density at radius 2 is 1.81 bits per heavy atom. The van der Waals surface area contributed by atoms with E-state index < -0.39 is 0 Å². The van der Waals surface area contributed by atoms with Crippen LogP contribution in [0.25, 0.3) is 0 Å². The zero-order chi connectivity index (χ0) is 15.5. The van der Waals surface area contributed by atoms with Crippen molar-refractivity contribution in [1.29, 1.82) is 0 Å². The van der Waals surface area contributed by atoms with E-state index in [0.717, 1.165) is 56.3 Å². The molecule has 0 bridgehead atoms. The monoisotopic (exact) mass is 295 g/mol. The first kappa shape index (κ1) is 17.7. The predicted molar refractivity (Wildman–Crippen MR) is 88.1 cm³/mol. The molecule has 0 aromatic carbocycles. The standard InChI is InChI=1S/C15H29N5O/c1-5-7-13-14(16-6-2)18-12-19-15(13)17-8-10-21-11-9-20(3)4/h12H,5-11H2,1-4H3,(H2,16,17,18,19). The molecule has 6 heteroatoms. The second-order valence-corrected chi connectivity index (χ2v) is 5.17. The summed E-state index contributed by atoms with van der Waals surface area (Å²) >= 11 is 0. The summed E-state index contributed by atoms with van der Waals surface area (Å²) in [5.41, 5.74) is 1.16. The maximum Gasteiger partial charge on any atom is 0.134 e. The average molecular weight is 295 g/mol. The van der Waals surface area contributed by atoms with E-state index >= 15 is 0 Å². The van der Waals surface area contributed by atoms with E-state index in [-0.39, 0.29) is 0 Å². The van der Waals surface area contributed by atoms with Crippen LogP contribution in [0.3, 0.4) is 0 Å². The van der Waals surface area contributed by atoms with Crippen molar-refractivity contribution in [3.63, 3.8) is 0 Å². The Labute approximate surface area is 128 Å². The van der Waals surface area contributed by atoms with Crippen LogP contribution in [0.1, 0.15) is 25.8 Å². The van der Waals surface area contributed by atoms with Crippen LogP contribution in [0.4, 0.5) is 11.6 Å². The third-order valence-electron chi connectivity index (χ3n) is 3.01. The lowest BCUT2D eigenvalue weighted by molar-refractivity contribution is 0.126. The van der Waals surface area contributed by atoms with Crippen molar-refractivity contribution in [3.05, 3.63) is 11.9 Å². The molecule has 0 radical (unpaired) electrons. The van der Waals surface area contributed by atoms with Gasteiger partial charge in [-0.2, -0.15) is 0 Å². The normalized spacial score (nSPS) is 10.9. The lowest BCUT2D eigenvalue weighted by atomic mass is 10.1. The molecule has 0 unspecified atom stereocenters. The molecule has 21 heavy (non-hydrogen) atoms. The van der Waals surface area contributed by atoms with Gasteiger partial charge in [-0.1, -0.05) is 13.3 Å². The first-order valence-corrected chi connectivity index (χ1v) is 7.73. The molecule has 0 spiro atoms. The fourth-order valence-electron chi connectivity index (χ4n) is 1.96. The summed E-state index contributed by atoms with van der Waals surface area (Å²) in [5, 5.41) is 6.65. The van der Waals surface area contributed by atoms with Gasteiger partial charge in [-0.15, -0.1) is 0 Å². The molecular formula is C15H29N5O. The van der Waals surface area contributed by atoms with Gasteiger partial charge in [0.15, 0.2) is 0 Å². The molecule has 0 aliphatic heterocycles. The van der Waals surface area contributed by atoms with Crippen LogP contribution in [0.2, 0.25) is 0 Å². The molecular weight excluding hydrogens is 266 g/mol. The Kier molecular flexibility index (Phi) is 8.69. The molecule has 0 fully saturated rings. The average Bonchev–Trinajstić information content (AvgIpc) is 2.45. The summed E-state index contributed by atoms with van der Waals surface area (Å²) in [5.74, 6) is 1.85. The molecule has 0 saturated heterocycles. The number of anilines is 2. The van der Waals surface area contributed by atoms with Gasteiger partial charge in [0.2, 0.25) is 0 Å². The number of likely N-dealkylation sites (N-methyl/N-ethyl adjacent to an activating group) is 1. The summed E-state index contributed by atoms with van der Waals surface area (Å²) in [6, 6.07) is 0. The molecule has 2 N–H and O–H groups in total. The zero-order valence-corrected chi connectivity index (χ0v) is 13.8. The number of aromatic nitrogens is 2. The molecule has 1 rings (SSSR count). The van der Waals surface area contributed by atoms with Crippen molar-refractivity contribution >= 4 is 11.6 Å². The summed E-state index contributed by atoms with van der Waals surface area (Å²) < 4.78 is 5.58. The molecule has 120 valence electrons. The smallest absolute Gasteiger partial charge is 0.134 e. The van der Waals surface area contributed by atoms with Gasteiger partial charge in [-0.3, -0.25) is 0 Å². The minimum absolute atomic E-state index is 0.681. The number of ether oxygens (including phenoxy) is 1. The van der Waals surface area contributed by atoms with Crippen LogP contribution < -0.4 is 10.6 Å². The highest BCUT2D eigenvalue weighted by Gasteiger charge is 2.09. The number of rotatable bonds is 11. The maximum absolute atomic E-state index is 5.58. The SMILES string of the molecule is CCCc1c(NCC)ncnc1NCCOCCN(C)C. The molecule has 1 heterocycles. The maximum atomic E-state index is 5.58. The van der Waals surface area contributed by atoms with Gasteiger partial charge in [-0.05, 0) is 27.4 Å². The van der Waals surface area contributed by atoms with E-state index in [1.165, 1.54) is 0 Å². The number of nitrogens with zero attached hydrogens (tertiary/aromatic N) is 3. The highest BCUT2D eigenvalue weighted by molar-refractivity contribution is 5.57. The molecule has 6 nitrogen and oxygen atoms in total. The molecule has 0 aliphatic rings. The van der Waals surface area contributed by atoms with Gasteiger partial charge in [0.05, 0.1) is 13.2 Å². The van der Waals surface area contributed by atoms with Crippen LogP contribution in [0.5, 0.6) is 0 Å². The van der Waals surface area contributed by atoms with Crippen molar-refractivity contribution in [2.75, 3.05) is 57.6 Å². The van der Waals surface area contributed by atoms with E-state index in [0.29, 0.717) is 6.61 Å². The minimum atomic E-state index is 0.681. The number of nitrogens with one attached hydrogen (secondary N) is 2. The Morgan fingerprint density at radius 1 is 1.10 bits per heavy atom. The van der Waals surface area contributed by atoms with Gasteiger partial charge >= 0.3 is 0 Å². The van der Waals surface area contributed by atoms with Crippen LogP contribution >= 0.6 is 0 Å². The van der Waals surface area contributed by atoms with E-state index in [9.17, 15) is 0 Å². The second-order valence-electron chi connectivity index (χ2n) is 5.17. The second kappa shape index (κ2) is 10.3. The van der Waals surface area contributed by atoms with Crippen molar-refractivity contribution in [2.45, 2.75) is 26.7 Å². The summed E-state index contributed by atoms with van der Waals surface area (Å²) in [6.45, 7) is 8.23. The zero-order valence-electron chi connectivity index (χ0n) is 13.8. The summed E-state index contributed by atoms with van der Waals surface area (Å²) in [6.07, 6.45) is 3.64. The van der Waals surface area contributed by atoms with Crippen molar-refractivity contribution < 1.29 is 4.74 Å². The summed E-state index contributed by atoms with van der Waals surface area (Å²) in [7, 11) is 4.09. The lowest BCUT2D eigenvalue weighted by Gasteiger charge is -2.15. The Balaban J connectivity index is 2.47. The van der Waals surface area contributed by atoms with Crippen LogP contribution in [-0.4, -0.2) is 61.8 Å². The van der Waals surface area contributed by atoms with Crippen molar-refractivity contribution in [2.24, 2.45) is 0 Å². The molecule has 0 aliphatic carbocycles. The van der Waals surface area contributed by atoms with Crippen LogP contribution in [0.15, 0.2) is 6.33 Å². The molecule has 1 aromatic rings. The van der Waals surface area contributed by atoms with E-state index in [4.69, 9.17) is 4.74 Å². The molecule has 0 amide bonds. The fourth-order valence-corrected chi connectivity index (χ4v) is 1.96. The van der Waals surface area contributed by atoms with E-state index in [1.807, 2.05) is 14.1 Å². The third kappa shape index (κ3) is 6.73. The Bertz CT molecular complexity index is 398. The van der Waals surface area contributed by atoms with Gasteiger partial charge in [0, 0.05) is 25.2 Å². The fraction of sp³-hybridized carbons (Fsp3) is 0.733. The highest BCUT2D eigenvalue weighted by Crippen LogP contribution is 2.21.